The molecule has 2 atom stereocenters. The first-order chi connectivity index (χ1) is 12.4. The van der Waals surface area contributed by atoms with E-state index in [-0.39, 0.29) is 12.4 Å². The average molecular weight is 354 g/mol. The maximum atomic E-state index is 11.4. The fraction of sp³-hybridized carbons (Fsp3) is 0.333. The van der Waals surface area contributed by atoms with E-state index in [0.717, 1.165) is 16.9 Å². The predicted octanol–water partition coefficient (Wildman–Crippen LogP) is 3.62. The number of methoxy groups -OCH3 is 1. The first-order valence-corrected chi connectivity index (χ1v) is 8.62. The van der Waals surface area contributed by atoms with Crippen molar-refractivity contribution in [2.45, 2.75) is 32.0 Å². The Morgan fingerprint density at radius 3 is 2.81 bits per heavy atom. The van der Waals surface area contributed by atoms with Crippen LogP contribution in [0, 0.1) is 0 Å². The average Bonchev–Trinajstić information content (AvgIpc) is 2.91. The van der Waals surface area contributed by atoms with E-state index in [4.69, 9.17) is 14.2 Å². The Morgan fingerprint density at radius 1 is 1.27 bits per heavy atom. The molecule has 0 aromatic heterocycles. The van der Waals surface area contributed by atoms with E-state index in [2.05, 4.69) is 6.08 Å². The minimum absolute atomic E-state index is 0.0650. The lowest BCUT2D eigenvalue weighted by atomic mass is 9.84. The largest absolute Gasteiger partial charge is 0.508 e. The fourth-order valence-corrected chi connectivity index (χ4v) is 3.60. The number of ether oxygens (including phenoxy) is 3. The summed E-state index contributed by atoms with van der Waals surface area (Å²) < 4.78 is 17.4. The molecule has 4 rings (SSSR count). The summed E-state index contributed by atoms with van der Waals surface area (Å²) in [5.41, 5.74) is 2.36. The molecule has 2 aliphatic rings. The van der Waals surface area contributed by atoms with E-state index in [1.807, 2.05) is 26.0 Å². The quantitative estimate of drug-likeness (QED) is 0.824. The third-order valence-electron chi connectivity index (χ3n) is 4.99. The van der Waals surface area contributed by atoms with Crippen LogP contribution in [0.2, 0.25) is 0 Å². The van der Waals surface area contributed by atoms with Crippen LogP contribution in [0.5, 0.6) is 23.0 Å². The van der Waals surface area contributed by atoms with Gasteiger partial charge in [-0.05, 0) is 44.0 Å². The highest BCUT2D eigenvalue weighted by Crippen LogP contribution is 2.55. The first kappa shape index (κ1) is 16.8. The van der Waals surface area contributed by atoms with Gasteiger partial charge in [0, 0.05) is 23.3 Å². The van der Waals surface area contributed by atoms with E-state index in [9.17, 15) is 10.2 Å². The van der Waals surface area contributed by atoms with Crippen LogP contribution in [-0.2, 0) is 12.0 Å². The predicted molar refractivity (Wildman–Crippen MR) is 97.0 cm³/mol. The van der Waals surface area contributed by atoms with E-state index in [1.165, 1.54) is 5.57 Å². The summed E-state index contributed by atoms with van der Waals surface area (Å²) in [6.07, 6.45) is 2.26. The van der Waals surface area contributed by atoms with Crippen LogP contribution < -0.4 is 14.2 Å². The smallest absolute Gasteiger partial charge is 0.168 e. The van der Waals surface area contributed by atoms with Gasteiger partial charge in [0.15, 0.2) is 11.7 Å². The van der Waals surface area contributed by atoms with Gasteiger partial charge in [0.1, 0.15) is 29.6 Å². The molecule has 136 valence electrons. The molecule has 0 spiro atoms. The van der Waals surface area contributed by atoms with Crippen molar-refractivity contribution in [1.29, 1.82) is 0 Å². The van der Waals surface area contributed by atoms with Gasteiger partial charge < -0.3 is 24.4 Å². The molecule has 26 heavy (non-hydrogen) atoms. The number of aliphatic hydroxyl groups is 1. The Kier molecular flexibility index (Phi) is 3.84. The molecule has 0 saturated heterocycles. The summed E-state index contributed by atoms with van der Waals surface area (Å²) in [4.78, 5) is 0. The summed E-state index contributed by atoms with van der Waals surface area (Å²) in [5, 5.41) is 21.0. The van der Waals surface area contributed by atoms with Gasteiger partial charge in [0.25, 0.3) is 0 Å². The molecule has 2 aromatic rings. The second kappa shape index (κ2) is 5.95. The second-order valence-electron chi connectivity index (χ2n) is 7.08. The number of rotatable bonds is 3. The summed E-state index contributed by atoms with van der Waals surface area (Å²) in [6.45, 7) is 4.16. The van der Waals surface area contributed by atoms with E-state index < -0.39 is 11.7 Å². The van der Waals surface area contributed by atoms with Crippen molar-refractivity contribution in [3.63, 3.8) is 0 Å². The maximum Gasteiger partial charge on any atom is 0.168 e. The topological polar surface area (TPSA) is 68.2 Å². The Morgan fingerprint density at radius 2 is 2.08 bits per heavy atom. The van der Waals surface area contributed by atoms with E-state index >= 15 is 0 Å². The normalized spacial score (nSPS) is 22.4. The van der Waals surface area contributed by atoms with E-state index in [1.54, 1.807) is 25.3 Å². The summed E-state index contributed by atoms with van der Waals surface area (Å²) in [5.74, 6) is 1.98. The van der Waals surface area contributed by atoms with E-state index in [0.29, 0.717) is 23.5 Å². The molecule has 2 aromatic carbocycles. The SMILES string of the molecule is COc1cc2c(cc1CC=C(C)C)C1(O)COc3cc(O)ccc3C1O2. The van der Waals surface area contributed by atoms with Gasteiger partial charge in [-0.3, -0.25) is 0 Å². The van der Waals surface area contributed by atoms with Crippen molar-refractivity contribution in [3.8, 4) is 23.0 Å². The van der Waals surface area contributed by atoms with Gasteiger partial charge in [0.05, 0.1) is 7.11 Å². The first-order valence-electron chi connectivity index (χ1n) is 8.62. The highest BCUT2D eigenvalue weighted by atomic mass is 16.5. The van der Waals surface area contributed by atoms with Crippen LogP contribution in [0.25, 0.3) is 0 Å². The number of phenolic OH excluding ortho intramolecular Hbond substituents is 1. The Hall–Kier alpha value is -2.66. The molecule has 5 nitrogen and oxygen atoms in total. The number of benzene rings is 2. The summed E-state index contributed by atoms with van der Waals surface area (Å²) in [6, 6.07) is 8.62. The summed E-state index contributed by atoms with van der Waals surface area (Å²) in [7, 11) is 1.63. The zero-order chi connectivity index (χ0) is 18.5. The zero-order valence-electron chi connectivity index (χ0n) is 15.1. The van der Waals surface area contributed by atoms with Crippen molar-refractivity contribution >= 4 is 0 Å². The highest BCUT2D eigenvalue weighted by Gasteiger charge is 2.53. The van der Waals surface area contributed by atoms with Gasteiger partial charge in [-0.1, -0.05) is 11.6 Å². The third-order valence-corrected chi connectivity index (χ3v) is 4.99. The van der Waals surface area contributed by atoms with Gasteiger partial charge in [-0.25, -0.2) is 0 Å². The number of aromatic hydroxyl groups is 1. The highest BCUT2D eigenvalue weighted by molar-refractivity contribution is 5.56. The maximum absolute atomic E-state index is 11.4. The van der Waals surface area contributed by atoms with Crippen molar-refractivity contribution in [2.24, 2.45) is 0 Å². The van der Waals surface area contributed by atoms with Gasteiger partial charge in [-0.2, -0.15) is 0 Å². The molecular formula is C21H22O5. The lowest BCUT2D eigenvalue weighted by molar-refractivity contribution is -0.0864. The van der Waals surface area contributed by atoms with Crippen LogP contribution in [0.1, 0.15) is 36.6 Å². The van der Waals surface area contributed by atoms with Crippen LogP contribution in [-0.4, -0.2) is 23.9 Å². The van der Waals surface area contributed by atoms with Gasteiger partial charge in [0.2, 0.25) is 0 Å². The van der Waals surface area contributed by atoms with Crippen molar-refractivity contribution in [2.75, 3.05) is 13.7 Å². The molecule has 5 heteroatoms. The van der Waals surface area contributed by atoms with Crippen molar-refractivity contribution in [1.82, 2.24) is 0 Å². The molecule has 0 fully saturated rings. The Balaban J connectivity index is 1.80. The molecule has 0 saturated carbocycles. The minimum Gasteiger partial charge on any atom is -0.508 e. The van der Waals surface area contributed by atoms with Crippen LogP contribution in [0.15, 0.2) is 42.0 Å². The number of allylic oxidation sites excluding steroid dienone is 2. The van der Waals surface area contributed by atoms with Crippen molar-refractivity contribution in [3.05, 3.63) is 58.7 Å². The lowest BCUT2D eigenvalue weighted by Gasteiger charge is -2.34. The Labute approximate surface area is 152 Å². The minimum atomic E-state index is -1.27. The number of hydrogen-bond donors (Lipinski definition) is 2. The van der Waals surface area contributed by atoms with Crippen LogP contribution in [0.4, 0.5) is 0 Å². The molecule has 2 heterocycles. The molecule has 0 bridgehead atoms. The number of hydrogen-bond acceptors (Lipinski definition) is 5. The molecule has 2 aliphatic heterocycles. The van der Waals surface area contributed by atoms with Crippen LogP contribution in [0.3, 0.4) is 0 Å². The molecule has 2 N–H and O–H groups in total. The standard InChI is InChI=1S/C21H22O5/c1-12(2)4-5-13-8-16-19(10-17(13)24-3)26-20-15-7-6-14(22)9-18(15)25-11-21(16,20)23/h4,6-10,20,22-23H,5,11H2,1-3H3. The van der Waals surface area contributed by atoms with Gasteiger partial charge >= 0.3 is 0 Å². The van der Waals surface area contributed by atoms with Crippen LogP contribution >= 0.6 is 0 Å². The summed E-state index contributed by atoms with van der Waals surface area (Å²) >= 11 is 0. The molecular weight excluding hydrogens is 332 g/mol. The second-order valence-corrected chi connectivity index (χ2v) is 7.08. The molecule has 0 aliphatic carbocycles. The van der Waals surface area contributed by atoms with Crippen molar-refractivity contribution < 1.29 is 24.4 Å². The third kappa shape index (κ3) is 2.51. The number of fused-ring (bicyclic) bond motifs is 5. The molecule has 2 unspecified atom stereocenters. The lowest BCUT2D eigenvalue weighted by Crippen LogP contribution is -2.41. The zero-order valence-corrected chi connectivity index (χ0v) is 15.1. The molecule has 0 radical (unpaired) electrons. The Bertz CT molecular complexity index is 898. The molecule has 0 amide bonds. The van der Waals surface area contributed by atoms with Gasteiger partial charge in [-0.15, -0.1) is 0 Å². The fourth-order valence-electron chi connectivity index (χ4n) is 3.60. The number of phenols is 1. The monoisotopic (exact) mass is 354 g/mol.